The second kappa shape index (κ2) is 6.70. The van der Waals surface area contributed by atoms with Crippen molar-refractivity contribution >= 4 is 5.91 Å². The molecule has 1 aliphatic rings. The molecule has 5 heteroatoms. The number of nitrogens with zero attached hydrogens (tertiary/aromatic N) is 2. The molecule has 2 atom stereocenters. The standard InChI is InChI=1S/C14H23N3O2/c1-3-17-10-12(9-16-17)8-15-14(18)7-6-13-5-4-11(2)19-13/h9-11,13H,3-8H2,1-2H3,(H,15,18)/t11-,13-/m1/s1. The van der Waals surface area contributed by atoms with Crippen molar-refractivity contribution in [2.45, 2.75) is 64.8 Å². The van der Waals surface area contributed by atoms with Crippen molar-refractivity contribution in [1.29, 1.82) is 0 Å². The summed E-state index contributed by atoms with van der Waals surface area (Å²) in [5, 5.41) is 7.10. The van der Waals surface area contributed by atoms with Crippen molar-refractivity contribution in [3.63, 3.8) is 0 Å². The number of aryl methyl sites for hydroxylation is 1. The van der Waals surface area contributed by atoms with Crippen molar-refractivity contribution in [3.05, 3.63) is 18.0 Å². The van der Waals surface area contributed by atoms with E-state index in [0.717, 1.165) is 31.4 Å². The van der Waals surface area contributed by atoms with E-state index in [2.05, 4.69) is 17.3 Å². The first-order valence-electron chi connectivity index (χ1n) is 7.11. The fourth-order valence-corrected chi connectivity index (χ4v) is 2.35. The summed E-state index contributed by atoms with van der Waals surface area (Å²) in [5.41, 5.74) is 1.04. The lowest BCUT2D eigenvalue weighted by Gasteiger charge is -2.10. The van der Waals surface area contributed by atoms with Crippen LogP contribution in [0.25, 0.3) is 0 Å². The van der Waals surface area contributed by atoms with E-state index in [1.165, 1.54) is 0 Å². The van der Waals surface area contributed by atoms with Crippen LogP contribution in [0, 0.1) is 0 Å². The van der Waals surface area contributed by atoms with Crippen molar-refractivity contribution in [2.24, 2.45) is 0 Å². The van der Waals surface area contributed by atoms with Gasteiger partial charge in [-0.3, -0.25) is 9.48 Å². The molecule has 1 aromatic rings. The molecule has 1 N–H and O–H groups in total. The van der Waals surface area contributed by atoms with Gasteiger partial charge in [0.1, 0.15) is 0 Å². The van der Waals surface area contributed by atoms with E-state index in [1.54, 1.807) is 6.20 Å². The monoisotopic (exact) mass is 265 g/mol. The number of rotatable bonds is 6. The maximum Gasteiger partial charge on any atom is 0.220 e. The van der Waals surface area contributed by atoms with E-state index in [1.807, 2.05) is 17.8 Å². The lowest BCUT2D eigenvalue weighted by Crippen LogP contribution is -2.23. The zero-order valence-electron chi connectivity index (χ0n) is 11.8. The molecule has 0 spiro atoms. The summed E-state index contributed by atoms with van der Waals surface area (Å²) in [7, 11) is 0. The Morgan fingerprint density at radius 3 is 3.05 bits per heavy atom. The zero-order chi connectivity index (χ0) is 13.7. The molecule has 5 nitrogen and oxygen atoms in total. The molecule has 1 fully saturated rings. The average molecular weight is 265 g/mol. The van der Waals surface area contributed by atoms with Crippen LogP contribution >= 0.6 is 0 Å². The van der Waals surface area contributed by atoms with Gasteiger partial charge in [0.2, 0.25) is 5.91 Å². The minimum atomic E-state index is 0.0902. The number of hydrogen-bond donors (Lipinski definition) is 1. The highest BCUT2D eigenvalue weighted by molar-refractivity contribution is 5.75. The zero-order valence-corrected chi connectivity index (χ0v) is 11.8. The van der Waals surface area contributed by atoms with Crippen molar-refractivity contribution in [1.82, 2.24) is 15.1 Å². The molecule has 1 aromatic heterocycles. The highest BCUT2D eigenvalue weighted by Gasteiger charge is 2.22. The Hall–Kier alpha value is -1.36. The van der Waals surface area contributed by atoms with Gasteiger partial charge < -0.3 is 10.1 Å². The van der Waals surface area contributed by atoms with Crippen LogP contribution in [0.3, 0.4) is 0 Å². The minimum Gasteiger partial charge on any atom is -0.375 e. The first-order valence-corrected chi connectivity index (χ1v) is 7.11. The van der Waals surface area contributed by atoms with Crippen LogP contribution in [0.1, 0.15) is 45.1 Å². The molecule has 0 saturated carbocycles. The first-order chi connectivity index (χ1) is 9.17. The van der Waals surface area contributed by atoms with Crippen LogP contribution in [0.4, 0.5) is 0 Å². The molecule has 0 aromatic carbocycles. The first kappa shape index (κ1) is 14.1. The average Bonchev–Trinajstić information content (AvgIpc) is 3.02. The summed E-state index contributed by atoms with van der Waals surface area (Å²) >= 11 is 0. The van der Waals surface area contributed by atoms with Gasteiger partial charge in [0, 0.05) is 31.3 Å². The van der Waals surface area contributed by atoms with E-state index in [9.17, 15) is 4.79 Å². The van der Waals surface area contributed by atoms with Gasteiger partial charge in [0.05, 0.1) is 18.4 Å². The van der Waals surface area contributed by atoms with Gasteiger partial charge in [0.15, 0.2) is 0 Å². The van der Waals surface area contributed by atoms with Crippen LogP contribution in [0.2, 0.25) is 0 Å². The highest BCUT2D eigenvalue weighted by atomic mass is 16.5. The summed E-state index contributed by atoms with van der Waals surface area (Å²) in [4.78, 5) is 11.7. The molecule has 0 aliphatic carbocycles. The minimum absolute atomic E-state index is 0.0902. The smallest absolute Gasteiger partial charge is 0.220 e. The summed E-state index contributed by atoms with van der Waals surface area (Å²) in [6.45, 7) is 5.54. The van der Waals surface area contributed by atoms with Gasteiger partial charge in [0.25, 0.3) is 0 Å². The SMILES string of the molecule is CCn1cc(CNC(=O)CC[C@H]2CC[C@@H](C)O2)cn1. The van der Waals surface area contributed by atoms with Gasteiger partial charge >= 0.3 is 0 Å². The Morgan fingerprint density at radius 1 is 1.58 bits per heavy atom. The van der Waals surface area contributed by atoms with Gasteiger partial charge in [-0.2, -0.15) is 5.10 Å². The molecule has 0 unspecified atom stereocenters. The Morgan fingerprint density at radius 2 is 2.42 bits per heavy atom. The van der Waals surface area contributed by atoms with E-state index >= 15 is 0 Å². The number of nitrogens with one attached hydrogen (secondary N) is 1. The van der Waals surface area contributed by atoms with Crippen LogP contribution in [0.5, 0.6) is 0 Å². The Kier molecular flexibility index (Phi) is 4.96. The number of hydrogen-bond acceptors (Lipinski definition) is 3. The Balaban J connectivity index is 1.64. The van der Waals surface area contributed by atoms with Crippen LogP contribution in [-0.4, -0.2) is 27.9 Å². The maximum atomic E-state index is 11.7. The molecule has 2 rings (SSSR count). The summed E-state index contributed by atoms with van der Waals surface area (Å²) in [6, 6.07) is 0. The topological polar surface area (TPSA) is 56.2 Å². The van der Waals surface area contributed by atoms with E-state index in [4.69, 9.17) is 4.74 Å². The summed E-state index contributed by atoms with van der Waals surface area (Å²) < 4.78 is 7.56. The summed E-state index contributed by atoms with van der Waals surface area (Å²) in [6.07, 6.45) is 7.94. The third-order valence-corrected chi connectivity index (χ3v) is 3.51. The van der Waals surface area contributed by atoms with Gasteiger partial charge in [-0.05, 0) is 33.1 Å². The Bertz CT molecular complexity index is 417. The Labute approximate surface area is 114 Å². The highest BCUT2D eigenvalue weighted by Crippen LogP contribution is 2.22. The van der Waals surface area contributed by atoms with E-state index in [-0.39, 0.29) is 12.0 Å². The third kappa shape index (κ3) is 4.35. The second-order valence-electron chi connectivity index (χ2n) is 5.17. The van der Waals surface area contributed by atoms with Crippen LogP contribution in [-0.2, 0) is 22.6 Å². The fourth-order valence-electron chi connectivity index (χ4n) is 2.35. The van der Waals surface area contributed by atoms with Crippen molar-refractivity contribution in [2.75, 3.05) is 0 Å². The molecule has 0 radical (unpaired) electrons. The van der Waals surface area contributed by atoms with Gasteiger partial charge in [-0.25, -0.2) is 0 Å². The summed E-state index contributed by atoms with van der Waals surface area (Å²) in [5.74, 6) is 0.0902. The van der Waals surface area contributed by atoms with Crippen molar-refractivity contribution < 1.29 is 9.53 Å². The maximum absolute atomic E-state index is 11.7. The molecule has 1 amide bonds. The molecule has 0 bridgehead atoms. The third-order valence-electron chi connectivity index (χ3n) is 3.51. The molecule has 19 heavy (non-hydrogen) atoms. The predicted molar refractivity (Wildman–Crippen MR) is 72.6 cm³/mol. The molecule has 1 aliphatic heterocycles. The second-order valence-corrected chi connectivity index (χ2v) is 5.17. The number of ether oxygens (including phenoxy) is 1. The normalized spacial score (nSPS) is 22.6. The molecular formula is C14H23N3O2. The molecule has 2 heterocycles. The number of amides is 1. The molecule has 106 valence electrons. The van der Waals surface area contributed by atoms with Gasteiger partial charge in [-0.1, -0.05) is 0 Å². The lowest BCUT2D eigenvalue weighted by atomic mass is 10.1. The predicted octanol–water partition coefficient (Wildman–Crippen LogP) is 1.87. The van der Waals surface area contributed by atoms with Crippen LogP contribution in [0.15, 0.2) is 12.4 Å². The fraction of sp³-hybridized carbons (Fsp3) is 0.714. The number of aromatic nitrogens is 2. The van der Waals surface area contributed by atoms with E-state index < -0.39 is 0 Å². The quantitative estimate of drug-likeness (QED) is 0.854. The van der Waals surface area contributed by atoms with Crippen LogP contribution < -0.4 is 5.32 Å². The molecular weight excluding hydrogens is 242 g/mol. The lowest BCUT2D eigenvalue weighted by molar-refractivity contribution is -0.122. The van der Waals surface area contributed by atoms with Gasteiger partial charge in [-0.15, -0.1) is 0 Å². The van der Waals surface area contributed by atoms with Crippen molar-refractivity contribution in [3.8, 4) is 0 Å². The molecule has 1 saturated heterocycles. The van der Waals surface area contributed by atoms with E-state index in [0.29, 0.717) is 19.1 Å². The largest absolute Gasteiger partial charge is 0.375 e. The number of carbonyl (C=O) groups excluding carboxylic acids is 1. The number of carbonyl (C=O) groups is 1.